The van der Waals surface area contributed by atoms with Crippen LogP contribution in [0.5, 0.6) is 0 Å². The van der Waals surface area contributed by atoms with Crippen molar-refractivity contribution >= 4 is 46.8 Å². The lowest BCUT2D eigenvalue weighted by atomic mass is 10.1. The topological polar surface area (TPSA) is 66.6 Å². The van der Waals surface area contributed by atoms with Crippen molar-refractivity contribution in [2.45, 2.75) is 18.7 Å². The number of nitrogen functional groups attached to an aromatic ring is 1. The number of anilines is 1. The Morgan fingerprint density at radius 3 is 2.06 bits per heavy atom. The van der Waals surface area contributed by atoms with Crippen LogP contribution in [0.2, 0.25) is 0 Å². The zero-order valence-electron chi connectivity index (χ0n) is 16.6. The first-order valence-corrected chi connectivity index (χ1v) is 9.95. The number of hydrogen-bond acceptors (Lipinski definition) is 4. The summed E-state index contributed by atoms with van der Waals surface area (Å²) in [5, 5.41) is 11.3. The molecule has 0 amide bonds. The fourth-order valence-corrected chi connectivity index (χ4v) is 3.66. The first-order valence-electron chi connectivity index (χ1n) is 9.13. The number of rotatable bonds is 2. The predicted molar refractivity (Wildman–Crippen MR) is 116 cm³/mol. The SMILES string of the molecule is Cc1cc2nc3cc(C)c(SC#N)cc3[n+](-c3ccccc3)c2cc1N.F[B-](F)(F)F. The van der Waals surface area contributed by atoms with E-state index in [0.717, 1.165) is 49.5 Å². The van der Waals surface area contributed by atoms with Gasteiger partial charge in [-0.1, -0.05) is 18.2 Å². The van der Waals surface area contributed by atoms with E-state index in [0.29, 0.717) is 0 Å². The second-order valence-corrected chi connectivity index (χ2v) is 7.60. The van der Waals surface area contributed by atoms with E-state index in [1.54, 1.807) is 0 Å². The van der Waals surface area contributed by atoms with Crippen molar-refractivity contribution in [2.75, 3.05) is 5.73 Å². The number of para-hydroxylation sites is 1. The number of halogens is 4. The second kappa shape index (κ2) is 8.82. The molecule has 2 N–H and O–H groups in total. The molecule has 0 unspecified atom stereocenters. The number of thiocyanates is 1. The number of hydrogen-bond donors (Lipinski definition) is 1. The van der Waals surface area contributed by atoms with Gasteiger partial charge in [0, 0.05) is 34.8 Å². The second-order valence-electron chi connectivity index (χ2n) is 6.77. The molecule has 10 heteroatoms. The number of fused-ring (bicyclic) bond motifs is 2. The van der Waals surface area contributed by atoms with Gasteiger partial charge >= 0.3 is 7.25 Å². The lowest BCUT2D eigenvalue weighted by Gasteiger charge is -2.09. The molecular weight excluding hydrogens is 427 g/mol. The molecule has 1 aromatic heterocycles. The summed E-state index contributed by atoms with van der Waals surface area (Å²) in [6, 6.07) is 18.2. The number of aromatic nitrogens is 2. The molecular formula is C21H17BF4N4S. The highest BCUT2D eigenvalue weighted by molar-refractivity contribution is 8.03. The Labute approximate surface area is 180 Å². The maximum atomic E-state index is 9.75. The average molecular weight is 444 g/mol. The van der Waals surface area contributed by atoms with Crippen LogP contribution in [-0.4, -0.2) is 12.2 Å². The van der Waals surface area contributed by atoms with Crippen LogP contribution >= 0.6 is 11.8 Å². The quantitative estimate of drug-likeness (QED) is 0.0815. The summed E-state index contributed by atoms with van der Waals surface area (Å²) in [6.45, 7) is 4.00. The summed E-state index contributed by atoms with van der Waals surface area (Å²) in [5.41, 5.74) is 13.7. The third kappa shape index (κ3) is 5.24. The van der Waals surface area contributed by atoms with Gasteiger partial charge in [-0.25, -0.2) is 4.98 Å². The Balaban J connectivity index is 0.000000491. The molecule has 158 valence electrons. The molecule has 0 spiro atoms. The third-order valence-corrected chi connectivity index (χ3v) is 5.28. The summed E-state index contributed by atoms with van der Waals surface area (Å²) in [5.74, 6) is 0. The van der Waals surface area contributed by atoms with Crippen LogP contribution in [0.3, 0.4) is 0 Å². The molecule has 0 bridgehead atoms. The number of nitrogens with two attached hydrogens (primary N) is 1. The predicted octanol–water partition coefficient (Wildman–Crippen LogP) is 5.74. The maximum absolute atomic E-state index is 9.75. The van der Waals surface area contributed by atoms with Crippen LogP contribution in [0, 0.1) is 24.5 Å². The lowest BCUT2D eigenvalue weighted by molar-refractivity contribution is -0.538. The highest BCUT2D eigenvalue weighted by Gasteiger charge is 2.22. The lowest BCUT2D eigenvalue weighted by Crippen LogP contribution is -2.33. The van der Waals surface area contributed by atoms with Crippen molar-refractivity contribution in [1.29, 1.82) is 5.26 Å². The minimum Gasteiger partial charge on any atom is -0.418 e. The van der Waals surface area contributed by atoms with Gasteiger partial charge in [-0.2, -0.15) is 5.26 Å². The number of nitrogens with zero attached hydrogens (tertiary/aromatic N) is 3. The normalized spacial score (nSPS) is 11.1. The first kappa shape index (κ1) is 22.4. The summed E-state index contributed by atoms with van der Waals surface area (Å²) in [4.78, 5) is 5.80. The maximum Gasteiger partial charge on any atom is 0.673 e. The Morgan fingerprint density at radius 2 is 1.48 bits per heavy atom. The van der Waals surface area contributed by atoms with Gasteiger partial charge in [0.15, 0.2) is 0 Å². The molecule has 0 saturated heterocycles. The number of benzene rings is 3. The molecule has 0 aliphatic carbocycles. The highest BCUT2D eigenvalue weighted by atomic mass is 32.2. The first-order chi connectivity index (χ1) is 14.6. The van der Waals surface area contributed by atoms with Gasteiger partial charge in [-0.15, -0.1) is 4.57 Å². The number of nitriles is 1. The van der Waals surface area contributed by atoms with E-state index in [1.165, 1.54) is 11.8 Å². The van der Waals surface area contributed by atoms with Crippen LogP contribution in [0.25, 0.3) is 27.8 Å². The van der Waals surface area contributed by atoms with Crippen LogP contribution < -0.4 is 10.3 Å². The van der Waals surface area contributed by atoms with Gasteiger partial charge in [0.1, 0.15) is 16.4 Å². The van der Waals surface area contributed by atoms with Crippen LogP contribution in [-0.2, 0) is 0 Å². The molecule has 31 heavy (non-hydrogen) atoms. The van der Waals surface area contributed by atoms with Crippen molar-refractivity contribution in [1.82, 2.24) is 4.98 Å². The number of thioether (sulfide) groups is 1. The summed E-state index contributed by atoms with van der Waals surface area (Å²) in [7, 11) is -6.00. The van der Waals surface area contributed by atoms with Gasteiger partial charge in [0.2, 0.25) is 16.7 Å². The van der Waals surface area contributed by atoms with Crippen molar-refractivity contribution in [3.8, 4) is 11.1 Å². The van der Waals surface area contributed by atoms with E-state index in [1.807, 2.05) is 56.3 Å². The van der Waals surface area contributed by atoms with E-state index in [-0.39, 0.29) is 0 Å². The van der Waals surface area contributed by atoms with Crippen molar-refractivity contribution in [3.05, 3.63) is 65.7 Å². The molecule has 4 nitrogen and oxygen atoms in total. The molecule has 1 heterocycles. The summed E-state index contributed by atoms with van der Waals surface area (Å²) < 4.78 is 41.2. The fraction of sp³-hybridized carbons (Fsp3) is 0.0952. The Bertz CT molecular complexity index is 1300. The minimum absolute atomic E-state index is 0.738. The van der Waals surface area contributed by atoms with Gasteiger partial charge in [-0.3, -0.25) is 0 Å². The Morgan fingerprint density at radius 1 is 0.935 bits per heavy atom. The smallest absolute Gasteiger partial charge is 0.418 e. The van der Waals surface area contributed by atoms with Crippen LogP contribution in [0.4, 0.5) is 23.0 Å². The van der Waals surface area contributed by atoms with Crippen LogP contribution in [0.1, 0.15) is 11.1 Å². The number of aryl methyl sites for hydroxylation is 2. The molecule has 4 rings (SSSR count). The van der Waals surface area contributed by atoms with Gasteiger partial charge in [0.25, 0.3) is 0 Å². The van der Waals surface area contributed by atoms with E-state index in [4.69, 9.17) is 16.0 Å². The molecule has 0 aliphatic heterocycles. The monoisotopic (exact) mass is 444 g/mol. The molecule has 0 radical (unpaired) electrons. The average Bonchev–Trinajstić information content (AvgIpc) is 2.68. The van der Waals surface area contributed by atoms with Gasteiger partial charge in [0.05, 0.1) is 0 Å². The van der Waals surface area contributed by atoms with Gasteiger partial charge < -0.3 is 23.0 Å². The van der Waals surface area contributed by atoms with Crippen molar-refractivity contribution in [3.63, 3.8) is 0 Å². The van der Waals surface area contributed by atoms with E-state index in [9.17, 15) is 17.3 Å². The van der Waals surface area contributed by atoms with E-state index in [2.05, 4.69) is 22.1 Å². The van der Waals surface area contributed by atoms with Crippen molar-refractivity contribution < 1.29 is 21.8 Å². The molecule has 4 aromatic rings. The van der Waals surface area contributed by atoms with E-state index < -0.39 is 7.25 Å². The molecule has 0 aliphatic rings. The molecule has 0 fully saturated rings. The summed E-state index contributed by atoms with van der Waals surface area (Å²) >= 11 is 1.17. The van der Waals surface area contributed by atoms with Gasteiger partial charge in [-0.05, 0) is 48.9 Å². The zero-order valence-corrected chi connectivity index (χ0v) is 17.4. The molecule has 0 atom stereocenters. The zero-order chi connectivity index (χ0) is 22.8. The summed E-state index contributed by atoms with van der Waals surface area (Å²) in [6.07, 6.45) is 0. The Hall–Kier alpha value is -3.32. The molecule has 3 aromatic carbocycles. The Kier molecular flexibility index (Phi) is 6.36. The van der Waals surface area contributed by atoms with Crippen molar-refractivity contribution in [2.24, 2.45) is 0 Å². The minimum atomic E-state index is -6.00. The third-order valence-electron chi connectivity index (χ3n) is 4.53. The van der Waals surface area contributed by atoms with Crippen LogP contribution in [0.15, 0.2) is 59.5 Å². The molecule has 0 saturated carbocycles. The fourth-order valence-electron chi connectivity index (χ4n) is 3.17. The standard InChI is InChI=1S/C21H16N4S.BF4/c1-13-8-17-19(10-16(13)23)25(15-6-4-3-5-7-15)20-11-21(26-12-22)14(2)9-18(20)24-17;2-1(3,4)5/h3-11,23H,1-2H3;/q;-1/p+1. The largest absolute Gasteiger partial charge is 0.673 e. The highest BCUT2D eigenvalue weighted by Crippen LogP contribution is 2.28. The van der Waals surface area contributed by atoms with E-state index >= 15 is 0 Å².